The third kappa shape index (κ3) is 3.66. The van der Waals surface area contributed by atoms with Gasteiger partial charge in [-0.1, -0.05) is 12.1 Å². The molecule has 0 saturated carbocycles. The Kier molecular flexibility index (Phi) is 4.98. The molecule has 1 aromatic carbocycles. The van der Waals surface area contributed by atoms with Crippen LogP contribution in [0.5, 0.6) is 5.88 Å². The Balaban J connectivity index is 2.59. The molecule has 9 heteroatoms. The molecule has 0 aliphatic carbocycles. The molecule has 0 amide bonds. The van der Waals surface area contributed by atoms with Crippen molar-refractivity contribution in [2.24, 2.45) is 0 Å². The molecule has 0 fully saturated rings. The van der Waals surface area contributed by atoms with Gasteiger partial charge in [0.2, 0.25) is 5.88 Å². The van der Waals surface area contributed by atoms with E-state index in [1.807, 2.05) is 0 Å². The third-order valence-electron chi connectivity index (χ3n) is 3.06. The van der Waals surface area contributed by atoms with Crippen LogP contribution in [0.25, 0.3) is 0 Å². The van der Waals surface area contributed by atoms with Crippen LogP contribution in [0.15, 0.2) is 24.3 Å². The lowest BCUT2D eigenvalue weighted by molar-refractivity contribution is -0.141. The fourth-order valence-corrected chi connectivity index (χ4v) is 2.74. The summed E-state index contributed by atoms with van der Waals surface area (Å²) in [5, 5.41) is -0.762. The highest BCUT2D eigenvalue weighted by atomic mass is 32.2. The van der Waals surface area contributed by atoms with Gasteiger partial charge >= 0.3 is 6.18 Å². The van der Waals surface area contributed by atoms with Crippen molar-refractivity contribution in [2.45, 2.75) is 11.4 Å². The predicted molar refractivity (Wildman–Crippen MR) is 79.8 cm³/mol. The lowest BCUT2D eigenvalue weighted by Gasteiger charge is -2.18. The monoisotopic (exact) mass is 347 g/mol. The Hall–Kier alpha value is -2.03. The summed E-state index contributed by atoms with van der Waals surface area (Å²) in [5.41, 5.74) is 4.72. The zero-order valence-electron chi connectivity index (χ0n) is 12.2. The van der Waals surface area contributed by atoms with Crippen LogP contribution in [-0.4, -0.2) is 23.3 Å². The van der Waals surface area contributed by atoms with Crippen molar-refractivity contribution in [3.05, 3.63) is 47.2 Å². The fraction of sp³-hybridized carbons (Fsp3) is 0.286. The van der Waals surface area contributed by atoms with E-state index >= 15 is 0 Å². The number of hydrogen-bond donors (Lipinski definition) is 1. The molecule has 4 nitrogen and oxygen atoms in total. The summed E-state index contributed by atoms with van der Waals surface area (Å²) in [6.45, 7) is 0. The molecule has 0 bridgehead atoms. The third-order valence-corrected chi connectivity index (χ3v) is 3.99. The van der Waals surface area contributed by atoms with Gasteiger partial charge in [0, 0.05) is 6.07 Å². The van der Waals surface area contributed by atoms with Gasteiger partial charge in [-0.15, -0.1) is 11.8 Å². The average Bonchev–Trinajstić information content (AvgIpc) is 2.51. The number of anilines is 1. The summed E-state index contributed by atoms with van der Waals surface area (Å²) < 4.78 is 57.3. The highest BCUT2D eigenvalue weighted by Crippen LogP contribution is 2.38. The van der Waals surface area contributed by atoms with Gasteiger partial charge in [-0.05, 0) is 17.9 Å². The Morgan fingerprint density at radius 2 is 1.96 bits per heavy atom. The maximum Gasteiger partial charge on any atom is 0.433 e. The molecule has 1 atom stereocenters. The number of aromatic nitrogens is 2. The largest absolute Gasteiger partial charge is 0.481 e. The van der Waals surface area contributed by atoms with Crippen molar-refractivity contribution < 1.29 is 22.3 Å². The van der Waals surface area contributed by atoms with Crippen LogP contribution in [0.3, 0.4) is 0 Å². The maximum absolute atomic E-state index is 13.6. The van der Waals surface area contributed by atoms with E-state index in [1.54, 1.807) is 6.26 Å². The van der Waals surface area contributed by atoms with E-state index < -0.39 is 22.9 Å². The normalized spacial score (nSPS) is 13.0. The number of para-hydroxylation sites is 1. The van der Waals surface area contributed by atoms with Crippen molar-refractivity contribution in [2.75, 3.05) is 19.1 Å². The van der Waals surface area contributed by atoms with Crippen molar-refractivity contribution >= 4 is 17.4 Å². The number of halogens is 4. The van der Waals surface area contributed by atoms with Crippen LogP contribution in [0.2, 0.25) is 0 Å². The number of alkyl halides is 3. The standard InChI is InChI=1S/C14H13F4N3OS/c1-22-10-6-9(14(16,17)18)20-13(21-10)12(23-2)7-4-3-5-8(15)11(7)19/h3-6,12H,19H2,1-2H3. The van der Waals surface area contributed by atoms with E-state index in [-0.39, 0.29) is 17.4 Å². The number of methoxy groups -OCH3 is 1. The van der Waals surface area contributed by atoms with Gasteiger partial charge in [-0.25, -0.2) is 9.37 Å². The molecular formula is C14H13F4N3OS. The van der Waals surface area contributed by atoms with Gasteiger partial charge in [0.05, 0.1) is 18.0 Å². The van der Waals surface area contributed by atoms with E-state index in [9.17, 15) is 17.6 Å². The van der Waals surface area contributed by atoms with Crippen LogP contribution in [0.1, 0.15) is 22.3 Å². The summed E-state index contributed by atoms with van der Waals surface area (Å²) in [7, 11) is 1.21. The first-order valence-corrected chi connectivity index (χ1v) is 7.63. The Morgan fingerprint density at radius 3 is 2.52 bits per heavy atom. The molecule has 124 valence electrons. The summed E-state index contributed by atoms with van der Waals surface area (Å²) in [6.07, 6.45) is -3.01. The minimum atomic E-state index is -4.65. The smallest absolute Gasteiger partial charge is 0.433 e. The van der Waals surface area contributed by atoms with Crippen LogP contribution in [0.4, 0.5) is 23.2 Å². The van der Waals surface area contributed by atoms with E-state index in [0.717, 1.165) is 11.8 Å². The summed E-state index contributed by atoms with van der Waals surface area (Å²) in [5.74, 6) is -1.03. The van der Waals surface area contributed by atoms with Gasteiger partial charge in [0.1, 0.15) is 11.6 Å². The fourth-order valence-electron chi connectivity index (χ4n) is 1.96. The zero-order valence-corrected chi connectivity index (χ0v) is 13.0. The first kappa shape index (κ1) is 17.3. The minimum absolute atomic E-state index is 0.146. The second kappa shape index (κ2) is 6.61. The SMILES string of the molecule is COc1cc(C(F)(F)F)nc(C(SC)c2cccc(F)c2N)n1. The zero-order chi connectivity index (χ0) is 17.2. The molecule has 2 aromatic rings. The number of nitrogens with zero attached hydrogens (tertiary/aromatic N) is 2. The number of benzene rings is 1. The molecular weight excluding hydrogens is 334 g/mol. The van der Waals surface area contributed by atoms with E-state index in [2.05, 4.69) is 9.97 Å². The van der Waals surface area contributed by atoms with Crippen LogP contribution >= 0.6 is 11.8 Å². The number of nitrogen functional groups attached to an aromatic ring is 1. The van der Waals surface area contributed by atoms with Crippen LogP contribution in [-0.2, 0) is 6.18 Å². The Bertz CT molecular complexity index is 709. The molecule has 2 N–H and O–H groups in total. The van der Waals surface area contributed by atoms with Crippen LogP contribution < -0.4 is 10.5 Å². The summed E-state index contributed by atoms with van der Waals surface area (Å²) >= 11 is 1.14. The van der Waals surface area contributed by atoms with Crippen LogP contribution in [0, 0.1) is 5.82 Å². The van der Waals surface area contributed by atoms with E-state index in [0.29, 0.717) is 11.6 Å². The van der Waals surface area contributed by atoms with Crippen molar-refractivity contribution in [3.8, 4) is 5.88 Å². The van der Waals surface area contributed by atoms with Gasteiger partial charge in [0.15, 0.2) is 5.69 Å². The highest BCUT2D eigenvalue weighted by Gasteiger charge is 2.35. The molecule has 0 radical (unpaired) electrons. The predicted octanol–water partition coefficient (Wildman–Crippen LogP) is 3.68. The summed E-state index contributed by atoms with van der Waals surface area (Å²) in [6, 6.07) is 4.82. The topological polar surface area (TPSA) is 61.0 Å². The average molecular weight is 347 g/mol. The molecule has 0 saturated heterocycles. The molecule has 2 rings (SSSR count). The lowest BCUT2D eigenvalue weighted by atomic mass is 10.1. The first-order chi connectivity index (χ1) is 10.8. The quantitative estimate of drug-likeness (QED) is 0.675. The number of thioether (sulfide) groups is 1. The maximum atomic E-state index is 13.6. The van der Waals surface area contributed by atoms with Gasteiger partial charge in [0.25, 0.3) is 0 Å². The van der Waals surface area contributed by atoms with E-state index in [1.165, 1.54) is 25.3 Å². The van der Waals surface area contributed by atoms with Gasteiger partial charge in [-0.2, -0.15) is 18.2 Å². The molecule has 1 unspecified atom stereocenters. The van der Waals surface area contributed by atoms with Gasteiger partial charge < -0.3 is 10.5 Å². The molecule has 0 aliphatic heterocycles. The highest BCUT2D eigenvalue weighted by molar-refractivity contribution is 7.99. The molecule has 1 aromatic heterocycles. The van der Waals surface area contributed by atoms with Crippen molar-refractivity contribution in [3.63, 3.8) is 0 Å². The number of hydrogen-bond acceptors (Lipinski definition) is 5. The minimum Gasteiger partial charge on any atom is -0.481 e. The summed E-state index contributed by atoms with van der Waals surface area (Å²) in [4.78, 5) is 7.51. The lowest BCUT2D eigenvalue weighted by Crippen LogP contribution is -2.14. The van der Waals surface area contributed by atoms with Gasteiger partial charge in [-0.3, -0.25) is 0 Å². The first-order valence-electron chi connectivity index (χ1n) is 6.34. The number of rotatable bonds is 4. The Morgan fingerprint density at radius 1 is 1.26 bits per heavy atom. The van der Waals surface area contributed by atoms with Crippen molar-refractivity contribution in [1.29, 1.82) is 0 Å². The molecule has 0 spiro atoms. The number of ether oxygens (including phenoxy) is 1. The van der Waals surface area contributed by atoms with E-state index in [4.69, 9.17) is 10.5 Å². The number of nitrogens with two attached hydrogens (primary N) is 1. The molecule has 23 heavy (non-hydrogen) atoms. The second-order valence-electron chi connectivity index (χ2n) is 4.51. The molecule has 0 aliphatic rings. The second-order valence-corrected chi connectivity index (χ2v) is 5.45. The Labute approximate surface area is 134 Å². The molecule has 1 heterocycles. The van der Waals surface area contributed by atoms with Crippen molar-refractivity contribution in [1.82, 2.24) is 9.97 Å².